The Morgan fingerprint density at radius 2 is 2.04 bits per heavy atom. The smallest absolute Gasteiger partial charge is 0.258 e. The first-order valence-electron chi connectivity index (χ1n) is 7.53. The summed E-state index contributed by atoms with van der Waals surface area (Å²) in [5, 5.41) is 3.41. The molecule has 0 bridgehead atoms. The maximum atomic E-state index is 12.8. The Labute approximate surface area is 147 Å². The first-order chi connectivity index (χ1) is 11.7. The lowest BCUT2D eigenvalue weighted by atomic mass is 10.2. The van der Waals surface area contributed by atoms with Crippen LogP contribution in [0, 0.1) is 0 Å². The van der Waals surface area contributed by atoms with Crippen molar-refractivity contribution in [2.45, 2.75) is 12.7 Å². The maximum absolute atomic E-state index is 12.8. The number of pyridine rings is 1. The van der Waals surface area contributed by atoms with Gasteiger partial charge in [0.1, 0.15) is 11.9 Å². The van der Waals surface area contributed by atoms with E-state index in [0.29, 0.717) is 12.1 Å². The number of fused-ring (bicyclic) bond motifs is 1. The van der Waals surface area contributed by atoms with E-state index in [1.807, 2.05) is 42.5 Å². The van der Waals surface area contributed by atoms with Crippen molar-refractivity contribution >= 4 is 27.5 Å². The number of para-hydroxylation sites is 1. The summed E-state index contributed by atoms with van der Waals surface area (Å²) in [7, 11) is 0. The zero-order valence-electron chi connectivity index (χ0n) is 12.6. The summed E-state index contributed by atoms with van der Waals surface area (Å²) in [5.41, 5.74) is 2.25. The molecule has 3 aromatic rings. The molecular weight excluding hydrogens is 370 g/mol. The van der Waals surface area contributed by atoms with Gasteiger partial charge < -0.3 is 14.6 Å². The van der Waals surface area contributed by atoms with Crippen molar-refractivity contribution in [1.29, 1.82) is 0 Å². The van der Waals surface area contributed by atoms with Gasteiger partial charge in [0.15, 0.2) is 0 Å². The molecule has 1 N–H and O–H groups in total. The molecule has 5 nitrogen and oxygen atoms in total. The fraction of sp³-hybridized carbons (Fsp3) is 0.111. The van der Waals surface area contributed by atoms with Gasteiger partial charge in [0.25, 0.3) is 5.91 Å². The van der Waals surface area contributed by atoms with Crippen molar-refractivity contribution < 1.29 is 9.21 Å². The molecule has 1 aromatic carbocycles. The van der Waals surface area contributed by atoms with Crippen LogP contribution in [0.5, 0.6) is 0 Å². The van der Waals surface area contributed by atoms with E-state index in [0.717, 1.165) is 21.6 Å². The van der Waals surface area contributed by atoms with Gasteiger partial charge in [-0.3, -0.25) is 9.78 Å². The Balaban J connectivity index is 1.72. The summed E-state index contributed by atoms with van der Waals surface area (Å²) in [6, 6.07) is 15.1. The van der Waals surface area contributed by atoms with Gasteiger partial charge in [0.2, 0.25) is 0 Å². The zero-order valence-corrected chi connectivity index (χ0v) is 14.2. The van der Waals surface area contributed by atoms with Gasteiger partial charge in [0, 0.05) is 10.7 Å². The fourth-order valence-corrected chi connectivity index (χ4v) is 3.24. The normalized spacial score (nSPS) is 16.3. The van der Waals surface area contributed by atoms with E-state index in [9.17, 15) is 4.79 Å². The van der Waals surface area contributed by atoms with Gasteiger partial charge in [-0.25, -0.2) is 0 Å². The molecule has 0 saturated carbocycles. The van der Waals surface area contributed by atoms with E-state index in [1.165, 1.54) is 0 Å². The van der Waals surface area contributed by atoms with Crippen molar-refractivity contribution in [2.24, 2.45) is 0 Å². The molecule has 1 amide bonds. The summed E-state index contributed by atoms with van der Waals surface area (Å²) in [4.78, 5) is 19.0. The first kappa shape index (κ1) is 15.0. The van der Waals surface area contributed by atoms with Crippen LogP contribution < -0.4 is 5.32 Å². The molecule has 1 aliphatic rings. The predicted molar refractivity (Wildman–Crippen MR) is 93.3 cm³/mol. The van der Waals surface area contributed by atoms with Gasteiger partial charge in [-0.2, -0.15) is 0 Å². The number of hydrogen-bond acceptors (Lipinski definition) is 4. The van der Waals surface area contributed by atoms with E-state index in [1.54, 1.807) is 23.4 Å². The van der Waals surface area contributed by atoms with Crippen LogP contribution in [0.15, 0.2) is 69.9 Å². The fourth-order valence-electron chi connectivity index (χ4n) is 2.84. The average molecular weight is 384 g/mol. The maximum Gasteiger partial charge on any atom is 0.258 e. The standard InChI is InChI=1S/C18H14BrN3O2/c19-14-7-1-2-8-15(14)21-17-16-13(6-3-9-20-16)18(23)22(17)11-12-5-4-10-24-12/h1-10,17,21H,11H2/t17-/m0/s1. The van der Waals surface area contributed by atoms with Crippen LogP contribution in [0.2, 0.25) is 0 Å². The Bertz CT molecular complexity index is 879. The van der Waals surface area contributed by atoms with E-state index in [2.05, 4.69) is 26.2 Å². The van der Waals surface area contributed by atoms with Crippen LogP contribution >= 0.6 is 15.9 Å². The lowest BCUT2D eigenvalue weighted by molar-refractivity contribution is 0.0714. The highest BCUT2D eigenvalue weighted by atomic mass is 79.9. The summed E-state index contributed by atoms with van der Waals surface area (Å²) < 4.78 is 6.34. The van der Waals surface area contributed by atoms with Gasteiger partial charge in [-0.05, 0) is 52.3 Å². The van der Waals surface area contributed by atoms with Crippen LogP contribution in [-0.2, 0) is 6.54 Å². The molecule has 24 heavy (non-hydrogen) atoms. The van der Waals surface area contributed by atoms with Crippen LogP contribution in [0.25, 0.3) is 0 Å². The number of aromatic nitrogens is 1. The molecule has 0 unspecified atom stereocenters. The third-order valence-corrected chi connectivity index (χ3v) is 4.66. The minimum Gasteiger partial charge on any atom is -0.467 e. The largest absolute Gasteiger partial charge is 0.467 e. The first-order valence-corrected chi connectivity index (χ1v) is 8.32. The number of furan rings is 1. The summed E-state index contributed by atoms with van der Waals surface area (Å²) in [6.07, 6.45) is 2.96. The van der Waals surface area contributed by atoms with E-state index in [4.69, 9.17) is 4.42 Å². The average Bonchev–Trinajstić information content (AvgIpc) is 3.20. The van der Waals surface area contributed by atoms with Crippen molar-refractivity contribution in [1.82, 2.24) is 9.88 Å². The van der Waals surface area contributed by atoms with Gasteiger partial charge >= 0.3 is 0 Å². The van der Waals surface area contributed by atoms with Gasteiger partial charge in [0.05, 0.1) is 29.8 Å². The lowest BCUT2D eigenvalue weighted by Gasteiger charge is -2.26. The van der Waals surface area contributed by atoms with E-state index in [-0.39, 0.29) is 12.1 Å². The Morgan fingerprint density at radius 3 is 2.83 bits per heavy atom. The molecule has 1 aliphatic heterocycles. The van der Waals surface area contributed by atoms with Crippen LogP contribution in [-0.4, -0.2) is 15.8 Å². The van der Waals surface area contributed by atoms with Gasteiger partial charge in [-0.15, -0.1) is 0 Å². The SMILES string of the molecule is O=C1c2cccnc2[C@@H](Nc2ccccc2Br)N1Cc1ccco1. The number of halogens is 1. The highest BCUT2D eigenvalue weighted by molar-refractivity contribution is 9.10. The minimum atomic E-state index is -0.350. The van der Waals surface area contributed by atoms with E-state index < -0.39 is 0 Å². The van der Waals surface area contributed by atoms with Crippen molar-refractivity contribution in [2.75, 3.05) is 5.32 Å². The molecule has 3 heterocycles. The Morgan fingerprint density at radius 1 is 1.17 bits per heavy atom. The molecule has 120 valence electrons. The highest BCUT2D eigenvalue weighted by Gasteiger charge is 2.38. The number of anilines is 1. The monoisotopic (exact) mass is 383 g/mol. The van der Waals surface area contributed by atoms with Crippen molar-refractivity contribution in [3.63, 3.8) is 0 Å². The molecule has 4 rings (SSSR count). The number of amides is 1. The lowest BCUT2D eigenvalue weighted by Crippen LogP contribution is -2.32. The highest BCUT2D eigenvalue weighted by Crippen LogP contribution is 2.35. The summed E-state index contributed by atoms with van der Waals surface area (Å²) >= 11 is 3.53. The number of carbonyl (C=O) groups is 1. The van der Waals surface area contributed by atoms with E-state index >= 15 is 0 Å². The second kappa shape index (κ2) is 6.13. The number of rotatable bonds is 4. The third kappa shape index (κ3) is 2.59. The van der Waals surface area contributed by atoms with Crippen LogP contribution in [0.3, 0.4) is 0 Å². The van der Waals surface area contributed by atoms with Crippen LogP contribution in [0.1, 0.15) is 28.0 Å². The quantitative estimate of drug-likeness (QED) is 0.733. The number of benzene rings is 1. The number of nitrogens with one attached hydrogen (secondary N) is 1. The molecule has 0 fully saturated rings. The Kier molecular flexibility index (Phi) is 3.82. The predicted octanol–water partition coefficient (Wildman–Crippen LogP) is 4.20. The molecule has 2 aromatic heterocycles. The molecule has 1 atom stereocenters. The van der Waals surface area contributed by atoms with Gasteiger partial charge in [-0.1, -0.05) is 12.1 Å². The number of hydrogen-bond donors (Lipinski definition) is 1. The summed E-state index contributed by atoms with van der Waals surface area (Å²) in [6.45, 7) is 0.379. The Hall–Kier alpha value is -2.60. The molecule has 0 aliphatic carbocycles. The molecule has 6 heteroatoms. The minimum absolute atomic E-state index is 0.0564. The topological polar surface area (TPSA) is 58.4 Å². The number of carbonyl (C=O) groups excluding carboxylic acids is 1. The third-order valence-electron chi connectivity index (χ3n) is 3.97. The molecule has 0 radical (unpaired) electrons. The van der Waals surface area contributed by atoms with Crippen molar-refractivity contribution in [3.05, 3.63) is 82.5 Å². The van der Waals surface area contributed by atoms with Crippen LogP contribution in [0.4, 0.5) is 5.69 Å². The number of nitrogens with zero attached hydrogens (tertiary/aromatic N) is 2. The second-order valence-electron chi connectivity index (χ2n) is 5.48. The molecule has 0 saturated heterocycles. The molecule has 0 spiro atoms. The zero-order chi connectivity index (χ0) is 16.5. The second-order valence-corrected chi connectivity index (χ2v) is 6.33. The summed E-state index contributed by atoms with van der Waals surface area (Å²) in [5.74, 6) is 0.675. The molecular formula is C18H14BrN3O2. The van der Waals surface area contributed by atoms with Crippen molar-refractivity contribution in [3.8, 4) is 0 Å².